The van der Waals surface area contributed by atoms with Crippen LogP contribution in [0.15, 0.2) is 30.5 Å². The average Bonchev–Trinajstić information content (AvgIpc) is 3.35. The number of anilines is 1. The van der Waals surface area contributed by atoms with Crippen molar-refractivity contribution in [2.24, 2.45) is 0 Å². The highest BCUT2D eigenvalue weighted by atomic mass is 32.1. The van der Waals surface area contributed by atoms with Gasteiger partial charge in [-0.1, -0.05) is 11.3 Å². The number of nitrogens with zero attached hydrogens (tertiary/aromatic N) is 6. The number of hydrogen-bond donors (Lipinski definition) is 0. The molecule has 158 valence electrons. The SMILES string of the molecule is O=C(CN1CCN(c2nn3cc(-c4ccc(F)cc4)nc3s2)CC1)N1CCOCC1. The Balaban J connectivity index is 1.19. The fourth-order valence-corrected chi connectivity index (χ4v) is 4.71. The lowest BCUT2D eigenvalue weighted by atomic mass is 10.2. The summed E-state index contributed by atoms with van der Waals surface area (Å²) in [6, 6.07) is 6.32. The molecule has 2 saturated heterocycles. The molecule has 0 N–H and O–H groups in total. The second-order valence-corrected chi connectivity index (χ2v) is 8.44. The monoisotopic (exact) mass is 430 g/mol. The Kier molecular flexibility index (Phi) is 5.36. The second kappa shape index (κ2) is 8.29. The lowest BCUT2D eigenvalue weighted by Crippen LogP contribution is -2.51. The normalized spacial score (nSPS) is 18.3. The first-order chi connectivity index (χ1) is 14.7. The van der Waals surface area contributed by atoms with Gasteiger partial charge in [-0.2, -0.15) is 0 Å². The zero-order chi connectivity index (χ0) is 20.5. The van der Waals surface area contributed by atoms with Crippen LogP contribution >= 0.6 is 11.3 Å². The first-order valence-electron chi connectivity index (χ1n) is 10.1. The Labute approximate surface area is 177 Å². The number of aromatic nitrogens is 3. The Morgan fingerprint density at radius 3 is 2.50 bits per heavy atom. The van der Waals surface area contributed by atoms with Gasteiger partial charge in [0.05, 0.1) is 31.6 Å². The van der Waals surface area contributed by atoms with Gasteiger partial charge in [0.15, 0.2) is 0 Å². The van der Waals surface area contributed by atoms with Crippen LogP contribution in [0.25, 0.3) is 16.2 Å². The van der Waals surface area contributed by atoms with Crippen LogP contribution in [0.1, 0.15) is 0 Å². The maximum atomic E-state index is 13.1. The molecule has 0 spiro atoms. The van der Waals surface area contributed by atoms with Gasteiger partial charge in [0.2, 0.25) is 16.0 Å². The van der Waals surface area contributed by atoms with E-state index in [0.717, 1.165) is 47.5 Å². The molecule has 8 nitrogen and oxygen atoms in total. The van der Waals surface area contributed by atoms with E-state index in [9.17, 15) is 9.18 Å². The molecule has 30 heavy (non-hydrogen) atoms. The molecule has 1 amide bonds. The summed E-state index contributed by atoms with van der Waals surface area (Å²) >= 11 is 1.55. The molecule has 2 aliphatic heterocycles. The zero-order valence-corrected chi connectivity index (χ0v) is 17.4. The Hall–Kier alpha value is -2.56. The van der Waals surface area contributed by atoms with Crippen LogP contribution in [0.4, 0.5) is 9.52 Å². The molecule has 3 aromatic rings. The fraction of sp³-hybridized carbons (Fsp3) is 0.450. The summed E-state index contributed by atoms with van der Waals surface area (Å²) in [5, 5.41) is 5.61. The van der Waals surface area contributed by atoms with Crippen molar-refractivity contribution in [1.82, 2.24) is 24.4 Å². The van der Waals surface area contributed by atoms with E-state index in [1.165, 1.54) is 12.1 Å². The molecule has 5 rings (SSSR count). The van der Waals surface area contributed by atoms with Crippen LogP contribution in [0.2, 0.25) is 0 Å². The van der Waals surface area contributed by atoms with Crippen LogP contribution in [0, 0.1) is 5.82 Å². The van der Waals surface area contributed by atoms with Gasteiger partial charge >= 0.3 is 0 Å². The summed E-state index contributed by atoms with van der Waals surface area (Å²) in [6.45, 7) is 6.45. The molecule has 2 aromatic heterocycles. The number of benzene rings is 1. The number of carbonyl (C=O) groups is 1. The van der Waals surface area contributed by atoms with Crippen molar-refractivity contribution in [2.75, 3.05) is 63.9 Å². The number of carbonyl (C=O) groups excluding carboxylic acids is 1. The number of imidazole rings is 1. The summed E-state index contributed by atoms with van der Waals surface area (Å²) in [7, 11) is 0. The van der Waals surface area contributed by atoms with E-state index in [2.05, 4.69) is 19.9 Å². The summed E-state index contributed by atoms with van der Waals surface area (Å²) in [6.07, 6.45) is 1.87. The molecule has 0 unspecified atom stereocenters. The standard InChI is InChI=1S/C20H23FN6O2S/c21-16-3-1-15(2-4-16)17-13-27-19(22-17)30-20(23-27)26-7-5-24(6-8-26)14-18(28)25-9-11-29-12-10-25/h1-4,13H,5-12,14H2. The van der Waals surface area contributed by atoms with Gasteiger partial charge in [0.1, 0.15) is 5.82 Å². The zero-order valence-electron chi connectivity index (χ0n) is 16.5. The van der Waals surface area contributed by atoms with Gasteiger partial charge in [-0.25, -0.2) is 13.9 Å². The van der Waals surface area contributed by atoms with Crippen molar-refractivity contribution in [3.8, 4) is 11.3 Å². The number of piperazine rings is 1. The summed E-state index contributed by atoms with van der Waals surface area (Å²) in [4.78, 5) is 24.2. The second-order valence-electron chi connectivity index (χ2n) is 7.50. The van der Waals surface area contributed by atoms with Crippen molar-refractivity contribution >= 4 is 27.3 Å². The Morgan fingerprint density at radius 1 is 1.07 bits per heavy atom. The molecule has 2 aliphatic rings. The predicted octanol–water partition coefficient (Wildman–Crippen LogP) is 1.58. The molecular formula is C20H23FN6O2S. The number of rotatable bonds is 4. The maximum absolute atomic E-state index is 13.1. The quantitative estimate of drug-likeness (QED) is 0.626. The van der Waals surface area contributed by atoms with E-state index in [1.807, 2.05) is 11.1 Å². The number of hydrogen-bond acceptors (Lipinski definition) is 7. The third kappa shape index (κ3) is 4.03. The lowest BCUT2D eigenvalue weighted by molar-refractivity contribution is -0.136. The summed E-state index contributed by atoms with van der Waals surface area (Å²) in [5.74, 6) is -0.0706. The minimum atomic E-state index is -0.258. The van der Waals surface area contributed by atoms with Crippen molar-refractivity contribution in [3.63, 3.8) is 0 Å². The van der Waals surface area contributed by atoms with Gasteiger partial charge in [-0.05, 0) is 24.3 Å². The van der Waals surface area contributed by atoms with E-state index in [0.29, 0.717) is 32.8 Å². The van der Waals surface area contributed by atoms with E-state index in [4.69, 9.17) is 4.74 Å². The molecule has 0 saturated carbocycles. The van der Waals surface area contributed by atoms with E-state index < -0.39 is 0 Å². The molecular weight excluding hydrogens is 407 g/mol. The Morgan fingerprint density at radius 2 is 1.80 bits per heavy atom. The minimum Gasteiger partial charge on any atom is -0.378 e. The first kappa shape index (κ1) is 19.4. The third-order valence-corrected chi connectivity index (χ3v) is 6.52. The van der Waals surface area contributed by atoms with Crippen molar-refractivity contribution < 1.29 is 13.9 Å². The number of fused-ring (bicyclic) bond motifs is 1. The smallest absolute Gasteiger partial charge is 0.236 e. The molecule has 0 bridgehead atoms. The van der Waals surface area contributed by atoms with Gasteiger partial charge in [0, 0.05) is 44.8 Å². The third-order valence-electron chi connectivity index (χ3n) is 5.54. The van der Waals surface area contributed by atoms with Crippen LogP contribution in [-0.2, 0) is 9.53 Å². The van der Waals surface area contributed by atoms with Crippen LogP contribution in [-0.4, -0.2) is 89.3 Å². The summed E-state index contributed by atoms with van der Waals surface area (Å²) in [5.41, 5.74) is 1.65. The van der Waals surface area contributed by atoms with Gasteiger partial charge in [-0.15, -0.1) is 5.10 Å². The lowest BCUT2D eigenvalue weighted by Gasteiger charge is -2.35. The molecule has 0 radical (unpaired) electrons. The molecule has 10 heteroatoms. The van der Waals surface area contributed by atoms with Crippen molar-refractivity contribution in [3.05, 3.63) is 36.3 Å². The first-order valence-corrected chi connectivity index (χ1v) is 10.9. The summed E-state index contributed by atoms with van der Waals surface area (Å²) < 4.78 is 20.2. The number of amides is 1. The van der Waals surface area contributed by atoms with Gasteiger partial charge in [0.25, 0.3) is 0 Å². The fourth-order valence-electron chi connectivity index (χ4n) is 3.78. The number of ether oxygens (including phenoxy) is 1. The van der Waals surface area contributed by atoms with Crippen LogP contribution in [0.5, 0.6) is 0 Å². The van der Waals surface area contributed by atoms with E-state index in [1.54, 1.807) is 28.0 Å². The topological polar surface area (TPSA) is 66.2 Å². The minimum absolute atomic E-state index is 0.188. The average molecular weight is 431 g/mol. The highest BCUT2D eigenvalue weighted by Crippen LogP contribution is 2.27. The molecule has 0 aliphatic carbocycles. The molecule has 2 fully saturated rings. The van der Waals surface area contributed by atoms with Gasteiger partial charge < -0.3 is 14.5 Å². The highest BCUT2D eigenvalue weighted by Gasteiger charge is 2.24. The maximum Gasteiger partial charge on any atom is 0.236 e. The predicted molar refractivity (Wildman–Crippen MR) is 112 cm³/mol. The van der Waals surface area contributed by atoms with Crippen LogP contribution < -0.4 is 4.90 Å². The Bertz CT molecular complexity index is 990. The highest BCUT2D eigenvalue weighted by molar-refractivity contribution is 7.20. The van der Waals surface area contributed by atoms with E-state index >= 15 is 0 Å². The van der Waals surface area contributed by atoms with Crippen molar-refractivity contribution in [1.29, 1.82) is 0 Å². The molecule has 4 heterocycles. The molecule has 0 atom stereocenters. The molecule has 1 aromatic carbocycles. The largest absolute Gasteiger partial charge is 0.378 e. The van der Waals surface area contributed by atoms with Crippen molar-refractivity contribution in [2.45, 2.75) is 0 Å². The number of halogens is 1. The van der Waals surface area contributed by atoms with E-state index in [-0.39, 0.29) is 11.7 Å². The van der Waals surface area contributed by atoms with Gasteiger partial charge in [-0.3, -0.25) is 9.69 Å². The van der Waals surface area contributed by atoms with Crippen LogP contribution in [0.3, 0.4) is 0 Å². The number of morpholine rings is 1.